The molecule has 7 rings (SSSR count). The quantitative estimate of drug-likeness (QED) is 0.498. The molecule has 2 aromatic carbocycles. The van der Waals surface area contributed by atoms with E-state index in [1.54, 1.807) is 0 Å². The molecule has 1 spiro atoms. The molecule has 0 unspecified atom stereocenters. The summed E-state index contributed by atoms with van der Waals surface area (Å²) >= 11 is 0. The van der Waals surface area contributed by atoms with E-state index in [-0.39, 0.29) is 5.91 Å². The average Bonchev–Trinajstić information content (AvgIpc) is 3.03. The highest BCUT2D eigenvalue weighted by atomic mass is 16.5. The number of benzene rings is 2. The summed E-state index contributed by atoms with van der Waals surface area (Å²) < 4.78 is 6.77. The molecular weight excluding hydrogens is 512 g/mol. The van der Waals surface area contributed by atoms with Gasteiger partial charge in [-0.05, 0) is 50.2 Å². The van der Waals surface area contributed by atoms with E-state index < -0.39 is 5.60 Å². The molecule has 1 aromatic heterocycles. The van der Waals surface area contributed by atoms with E-state index in [0.717, 1.165) is 72.9 Å². The number of anilines is 1. The van der Waals surface area contributed by atoms with Gasteiger partial charge in [-0.25, -0.2) is 9.97 Å². The first kappa shape index (κ1) is 25.8. The second-order valence-corrected chi connectivity index (χ2v) is 11.5. The van der Waals surface area contributed by atoms with Gasteiger partial charge in [0.15, 0.2) is 5.60 Å². The fourth-order valence-electron chi connectivity index (χ4n) is 6.43. The summed E-state index contributed by atoms with van der Waals surface area (Å²) in [5, 5.41) is 3.50. The molecule has 2 saturated heterocycles. The van der Waals surface area contributed by atoms with Gasteiger partial charge in [-0.3, -0.25) is 4.79 Å². The number of aromatic nitrogens is 2. The number of hydrogen-bond acceptors (Lipinski definition) is 7. The molecule has 0 saturated carbocycles. The lowest BCUT2D eigenvalue weighted by Crippen LogP contribution is -2.49. The Balaban J connectivity index is 1.13. The first-order chi connectivity index (χ1) is 20.1. The van der Waals surface area contributed by atoms with Crippen molar-refractivity contribution in [2.45, 2.75) is 31.3 Å². The van der Waals surface area contributed by atoms with Gasteiger partial charge in [0, 0.05) is 86.4 Å². The summed E-state index contributed by atoms with van der Waals surface area (Å²) in [6.45, 7) is 5.61. The summed E-state index contributed by atoms with van der Waals surface area (Å²) in [4.78, 5) is 29.8. The minimum atomic E-state index is -0.605. The molecule has 41 heavy (non-hydrogen) atoms. The van der Waals surface area contributed by atoms with E-state index in [9.17, 15) is 4.79 Å². The maximum absolute atomic E-state index is 13.2. The van der Waals surface area contributed by atoms with Gasteiger partial charge in [-0.1, -0.05) is 36.4 Å². The molecule has 2 fully saturated rings. The summed E-state index contributed by atoms with van der Waals surface area (Å²) in [6.07, 6.45) is 9.64. The van der Waals surface area contributed by atoms with Crippen molar-refractivity contribution in [3.8, 4) is 16.9 Å². The fraction of sp³-hybridized carbons (Fsp3) is 0.364. The van der Waals surface area contributed by atoms with Crippen molar-refractivity contribution >= 4 is 11.9 Å². The number of nitrogens with one attached hydrogen (secondary N) is 1. The van der Waals surface area contributed by atoms with E-state index in [0.29, 0.717) is 31.9 Å². The van der Waals surface area contributed by atoms with Crippen LogP contribution in [0.1, 0.15) is 41.7 Å². The number of nitrogens with zero attached hydrogens (tertiary/aromatic N) is 5. The number of piperidine rings is 1. The van der Waals surface area contributed by atoms with Crippen LogP contribution in [0, 0.1) is 0 Å². The van der Waals surface area contributed by atoms with Crippen molar-refractivity contribution in [1.29, 1.82) is 0 Å². The second-order valence-electron chi connectivity index (χ2n) is 11.5. The van der Waals surface area contributed by atoms with Crippen molar-refractivity contribution in [3.63, 3.8) is 0 Å². The summed E-state index contributed by atoms with van der Waals surface area (Å²) in [5.41, 5.74) is 5.58. The Labute approximate surface area is 241 Å². The van der Waals surface area contributed by atoms with Crippen LogP contribution in [0.4, 0.5) is 5.95 Å². The predicted octanol–water partition coefficient (Wildman–Crippen LogP) is 4.89. The molecule has 8 heteroatoms. The zero-order valence-corrected chi connectivity index (χ0v) is 23.6. The molecule has 0 atom stereocenters. The van der Waals surface area contributed by atoms with Gasteiger partial charge in [0.25, 0.3) is 5.91 Å². The van der Waals surface area contributed by atoms with Crippen molar-refractivity contribution in [1.82, 2.24) is 24.7 Å². The van der Waals surface area contributed by atoms with Crippen LogP contribution in [0.15, 0.2) is 84.3 Å². The van der Waals surface area contributed by atoms with Crippen molar-refractivity contribution in [2.75, 3.05) is 51.6 Å². The smallest absolute Gasteiger partial charge is 0.253 e. The number of rotatable bonds is 4. The molecule has 0 radical (unpaired) electrons. The molecule has 1 amide bonds. The largest absolute Gasteiger partial charge is 0.480 e. The van der Waals surface area contributed by atoms with E-state index in [2.05, 4.69) is 40.4 Å². The number of amides is 1. The third-order valence-corrected chi connectivity index (χ3v) is 8.89. The molecular formula is C33H36N6O2. The SMILES string of the molecule is CN1CCN(C2=CC=C(Nc3ncc4c(n3)C3(CCN(C(=O)c5ccccc5)CC3)Oc3ccccc3-4)CC2)CC1. The Hall–Kier alpha value is -4.17. The zero-order valence-electron chi connectivity index (χ0n) is 23.6. The molecule has 4 heterocycles. The van der Waals surface area contributed by atoms with Crippen LogP contribution in [-0.4, -0.2) is 76.9 Å². The summed E-state index contributed by atoms with van der Waals surface area (Å²) in [7, 11) is 2.19. The molecule has 3 aromatic rings. The standard InChI is InChI=1S/C33H36N6O2/c1-37-19-21-38(22-20-37)26-13-11-25(12-14-26)35-32-34-23-28-27-9-5-6-10-29(27)41-33(30(28)36-32)15-17-39(18-16-33)31(40)24-7-3-2-4-8-24/h2-11,13,23H,12,14-22H2,1H3,(H,34,35,36). The number of likely N-dealkylation sites (tertiary alicyclic amines) is 1. The van der Waals surface area contributed by atoms with Crippen LogP contribution in [-0.2, 0) is 5.60 Å². The first-order valence-corrected chi connectivity index (χ1v) is 14.7. The Morgan fingerprint density at radius 2 is 1.63 bits per heavy atom. The van der Waals surface area contributed by atoms with Gasteiger partial charge in [-0.15, -0.1) is 0 Å². The topological polar surface area (TPSA) is 73.8 Å². The number of piperazine rings is 1. The number of para-hydroxylation sites is 1. The lowest BCUT2D eigenvalue weighted by Gasteiger charge is -2.44. The first-order valence-electron chi connectivity index (χ1n) is 14.7. The maximum Gasteiger partial charge on any atom is 0.253 e. The van der Waals surface area contributed by atoms with Gasteiger partial charge in [0.2, 0.25) is 5.95 Å². The highest BCUT2D eigenvalue weighted by Gasteiger charge is 2.46. The van der Waals surface area contributed by atoms with Crippen LogP contribution < -0.4 is 10.1 Å². The minimum Gasteiger partial charge on any atom is -0.480 e. The number of ether oxygens (including phenoxy) is 1. The Morgan fingerprint density at radius 1 is 0.878 bits per heavy atom. The molecule has 1 aliphatic carbocycles. The zero-order chi connectivity index (χ0) is 27.8. The van der Waals surface area contributed by atoms with E-state index in [4.69, 9.17) is 14.7 Å². The molecule has 3 aliphatic heterocycles. The molecule has 0 bridgehead atoms. The van der Waals surface area contributed by atoms with Crippen LogP contribution in [0.5, 0.6) is 5.75 Å². The Morgan fingerprint density at radius 3 is 2.39 bits per heavy atom. The van der Waals surface area contributed by atoms with Crippen LogP contribution in [0.3, 0.4) is 0 Å². The number of fused-ring (bicyclic) bond motifs is 4. The average molecular weight is 549 g/mol. The summed E-state index contributed by atoms with van der Waals surface area (Å²) in [6, 6.07) is 17.6. The predicted molar refractivity (Wildman–Crippen MR) is 159 cm³/mol. The van der Waals surface area contributed by atoms with Gasteiger partial charge in [0.05, 0.1) is 5.69 Å². The van der Waals surface area contributed by atoms with E-state index in [1.165, 1.54) is 5.70 Å². The third kappa shape index (κ3) is 4.97. The van der Waals surface area contributed by atoms with E-state index >= 15 is 0 Å². The van der Waals surface area contributed by atoms with Gasteiger partial charge in [-0.2, -0.15) is 0 Å². The lowest BCUT2D eigenvalue weighted by molar-refractivity contribution is -0.00479. The highest BCUT2D eigenvalue weighted by molar-refractivity contribution is 5.94. The normalized spacial score (nSPS) is 19.9. The summed E-state index contributed by atoms with van der Waals surface area (Å²) in [5.74, 6) is 1.51. The van der Waals surface area contributed by atoms with Crippen molar-refractivity contribution in [3.05, 3.63) is 95.6 Å². The molecule has 8 nitrogen and oxygen atoms in total. The Bertz CT molecular complexity index is 1500. The highest BCUT2D eigenvalue weighted by Crippen LogP contribution is 2.48. The Kier molecular flexibility index (Phi) is 6.71. The van der Waals surface area contributed by atoms with Crippen molar-refractivity contribution < 1.29 is 9.53 Å². The van der Waals surface area contributed by atoms with E-state index in [1.807, 2.05) is 59.6 Å². The molecule has 1 N–H and O–H groups in total. The second kappa shape index (κ2) is 10.7. The van der Waals surface area contributed by atoms with Crippen LogP contribution >= 0.6 is 0 Å². The van der Waals surface area contributed by atoms with Gasteiger partial charge >= 0.3 is 0 Å². The molecule has 210 valence electrons. The van der Waals surface area contributed by atoms with Crippen LogP contribution in [0.2, 0.25) is 0 Å². The van der Waals surface area contributed by atoms with Gasteiger partial charge < -0.3 is 24.8 Å². The lowest BCUT2D eigenvalue weighted by atomic mass is 9.81. The molecule has 4 aliphatic rings. The number of carbonyl (C=O) groups is 1. The number of hydrogen-bond donors (Lipinski definition) is 1. The number of allylic oxidation sites excluding steroid dienone is 4. The monoisotopic (exact) mass is 548 g/mol. The van der Waals surface area contributed by atoms with Gasteiger partial charge in [0.1, 0.15) is 5.75 Å². The minimum absolute atomic E-state index is 0.0650. The number of carbonyl (C=O) groups excluding carboxylic acids is 1. The number of likely N-dealkylation sites (N-methyl/N-ethyl adjacent to an activating group) is 1. The fourth-order valence-corrected chi connectivity index (χ4v) is 6.43. The van der Waals surface area contributed by atoms with Crippen LogP contribution in [0.25, 0.3) is 11.1 Å². The third-order valence-electron chi connectivity index (χ3n) is 8.89. The maximum atomic E-state index is 13.2. The van der Waals surface area contributed by atoms with Crippen molar-refractivity contribution in [2.24, 2.45) is 0 Å².